The lowest BCUT2D eigenvalue weighted by molar-refractivity contribution is 0.712. The van der Waals surface area contributed by atoms with Gasteiger partial charge in [-0.2, -0.15) is 0 Å². The van der Waals surface area contributed by atoms with E-state index in [4.69, 9.17) is 0 Å². The summed E-state index contributed by atoms with van der Waals surface area (Å²) in [5, 5.41) is 0. The molecule has 0 spiro atoms. The number of hydrogen-bond donors (Lipinski definition) is 0. The van der Waals surface area contributed by atoms with Crippen LogP contribution in [-0.4, -0.2) is 0 Å². The molecule has 0 bridgehead atoms. The summed E-state index contributed by atoms with van der Waals surface area (Å²) in [6.07, 6.45) is 11.3. The van der Waals surface area contributed by atoms with Gasteiger partial charge in [0.05, 0.1) is 0 Å². The standard InChI is InChI=1S/C12H18/c1-4-7-10(2)12-9-6-5-8-11(12)3/h5-8,12H,4,9H2,1-3H3. The SMILES string of the molecule is CCC=C(C)C1CC=CC=C1C. The molecule has 1 atom stereocenters. The van der Waals surface area contributed by atoms with Crippen LogP contribution in [0.3, 0.4) is 0 Å². The summed E-state index contributed by atoms with van der Waals surface area (Å²) in [5.74, 6) is 0.676. The van der Waals surface area contributed by atoms with Gasteiger partial charge in [-0.3, -0.25) is 0 Å². The lowest BCUT2D eigenvalue weighted by Crippen LogP contribution is -2.04. The van der Waals surface area contributed by atoms with Gasteiger partial charge in [0.15, 0.2) is 0 Å². The van der Waals surface area contributed by atoms with Crippen molar-refractivity contribution in [3.05, 3.63) is 35.5 Å². The summed E-state index contributed by atoms with van der Waals surface area (Å²) in [6, 6.07) is 0. The van der Waals surface area contributed by atoms with E-state index in [1.54, 1.807) is 0 Å². The normalized spacial score (nSPS) is 24.1. The molecule has 1 rings (SSSR count). The number of hydrogen-bond acceptors (Lipinski definition) is 0. The van der Waals surface area contributed by atoms with Gasteiger partial charge in [0, 0.05) is 5.92 Å². The molecule has 0 N–H and O–H groups in total. The van der Waals surface area contributed by atoms with E-state index in [0.717, 1.165) is 6.42 Å². The van der Waals surface area contributed by atoms with Crippen molar-refractivity contribution >= 4 is 0 Å². The summed E-state index contributed by atoms with van der Waals surface area (Å²) in [6.45, 7) is 6.66. The monoisotopic (exact) mass is 162 g/mol. The van der Waals surface area contributed by atoms with Crippen molar-refractivity contribution < 1.29 is 0 Å². The van der Waals surface area contributed by atoms with E-state index in [1.165, 1.54) is 17.6 Å². The van der Waals surface area contributed by atoms with Crippen LogP contribution in [0.25, 0.3) is 0 Å². The van der Waals surface area contributed by atoms with E-state index in [-0.39, 0.29) is 0 Å². The Morgan fingerprint density at radius 1 is 1.67 bits per heavy atom. The number of rotatable bonds is 2. The molecule has 0 heterocycles. The van der Waals surface area contributed by atoms with Crippen LogP contribution in [0.1, 0.15) is 33.6 Å². The predicted octanol–water partition coefficient (Wildman–Crippen LogP) is 3.87. The molecule has 0 amide bonds. The van der Waals surface area contributed by atoms with E-state index >= 15 is 0 Å². The molecule has 1 aliphatic rings. The second-order valence-corrected chi connectivity index (χ2v) is 3.48. The highest BCUT2D eigenvalue weighted by Gasteiger charge is 2.12. The lowest BCUT2D eigenvalue weighted by atomic mass is 9.86. The third-order valence-corrected chi connectivity index (χ3v) is 2.49. The van der Waals surface area contributed by atoms with Gasteiger partial charge in [0.25, 0.3) is 0 Å². The van der Waals surface area contributed by atoms with Gasteiger partial charge in [-0.1, -0.05) is 42.4 Å². The smallest absolute Gasteiger partial charge is 0.00391 e. The lowest BCUT2D eigenvalue weighted by Gasteiger charge is -2.19. The maximum atomic E-state index is 2.33. The zero-order valence-corrected chi connectivity index (χ0v) is 8.30. The second kappa shape index (κ2) is 4.30. The first-order valence-corrected chi connectivity index (χ1v) is 4.75. The van der Waals surface area contributed by atoms with Crippen LogP contribution in [0.15, 0.2) is 35.5 Å². The Morgan fingerprint density at radius 3 is 3.00 bits per heavy atom. The van der Waals surface area contributed by atoms with Crippen molar-refractivity contribution in [2.45, 2.75) is 33.6 Å². The highest BCUT2D eigenvalue weighted by atomic mass is 14.2. The van der Waals surface area contributed by atoms with Crippen molar-refractivity contribution in [1.29, 1.82) is 0 Å². The van der Waals surface area contributed by atoms with Crippen molar-refractivity contribution in [2.75, 3.05) is 0 Å². The van der Waals surface area contributed by atoms with E-state index in [0.29, 0.717) is 5.92 Å². The summed E-state index contributed by atoms with van der Waals surface area (Å²) < 4.78 is 0. The summed E-state index contributed by atoms with van der Waals surface area (Å²) in [7, 11) is 0. The fraction of sp³-hybridized carbons (Fsp3) is 0.500. The van der Waals surface area contributed by atoms with E-state index in [1.807, 2.05) is 0 Å². The highest BCUT2D eigenvalue weighted by Crippen LogP contribution is 2.27. The van der Waals surface area contributed by atoms with Crippen molar-refractivity contribution in [3.8, 4) is 0 Å². The molecule has 0 aliphatic heterocycles. The second-order valence-electron chi connectivity index (χ2n) is 3.48. The van der Waals surface area contributed by atoms with E-state index in [2.05, 4.69) is 45.1 Å². The fourth-order valence-electron chi connectivity index (χ4n) is 1.75. The maximum absolute atomic E-state index is 2.33. The summed E-state index contributed by atoms with van der Waals surface area (Å²) in [4.78, 5) is 0. The highest BCUT2D eigenvalue weighted by molar-refractivity contribution is 5.27. The van der Waals surface area contributed by atoms with Gasteiger partial charge in [0.1, 0.15) is 0 Å². The zero-order chi connectivity index (χ0) is 8.97. The molecule has 0 nitrogen and oxygen atoms in total. The Kier molecular flexibility index (Phi) is 3.33. The van der Waals surface area contributed by atoms with Gasteiger partial charge < -0.3 is 0 Å². The molecule has 0 saturated heterocycles. The minimum atomic E-state index is 0.676. The minimum Gasteiger partial charge on any atom is -0.0853 e. The van der Waals surface area contributed by atoms with Crippen LogP contribution in [0, 0.1) is 5.92 Å². The molecule has 66 valence electrons. The van der Waals surface area contributed by atoms with Gasteiger partial charge >= 0.3 is 0 Å². The molecule has 0 saturated carbocycles. The first-order valence-electron chi connectivity index (χ1n) is 4.75. The molecule has 0 fully saturated rings. The van der Waals surface area contributed by atoms with E-state index < -0.39 is 0 Å². The van der Waals surface area contributed by atoms with Crippen molar-refractivity contribution in [2.24, 2.45) is 5.92 Å². The zero-order valence-electron chi connectivity index (χ0n) is 8.30. The third kappa shape index (κ3) is 2.10. The molecule has 12 heavy (non-hydrogen) atoms. The molecular weight excluding hydrogens is 144 g/mol. The van der Waals surface area contributed by atoms with Gasteiger partial charge in [-0.15, -0.1) is 0 Å². The average Bonchev–Trinajstić information content (AvgIpc) is 2.05. The average molecular weight is 162 g/mol. The topological polar surface area (TPSA) is 0 Å². The molecule has 0 aromatic rings. The van der Waals surface area contributed by atoms with Crippen molar-refractivity contribution in [3.63, 3.8) is 0 Å². The molecular formula is C12H18. The Morgan fingerprint density at radius 2 is 2.42 bits per heavy atom. The third-order valence-electron chi connectivity index (χ3n) is 2.49. The van der Waals surface area contributed by atoms with Crippen LogP contribution in [0.5, 0.6) is 0 Å². The molecule has 0 aromatic heterocycles. The van der Waals surface area contributed by atoms with Crippen LogP contribution >= 0.6 is 0 Å². The van der Waals surface area contributed by atoms with Gasteiger partial charge in [-0.05, 0) is 26.7 Å². The summed E-state index contributed by atoms with van der Waals surface area (Å²) >= 11 is 0. The van der Waals surface area contributed by atoms with Crippen LogP contribution in [0.2, 0.25) is 0 Å². The fourth-order valence-corrected chi connectivity index (χ4v) is 1.75. The van der Waals surface area contributed by atoms with Gasteiger partial charge in [-0.25, -0.2) is 0 Å². The van der Waals surface area contributed by atoms with Gasteiger partial charge in [0.2, 0.25) is 0 Å². The largest absolute Gasteiger partial charge is 0.0853 e. The molecule has 1 aliphatic carbocycles. The molecule has 0 heteroatoms. The van der Waals surface area contributed by atoms with Crippen LogP contribution in [-0.2, 0) is 0 Å². The Labute approximate surface area is 75.7 Å². The van der Waals surface area contributed by atoms with Crippen LogP contribution in [0.4, 0.5) is 0 Å². The maximum Gasteiger partial charge on any atom is 0.00391 e. The Hall–Kier alpha value is -0.780. The molecule has 1 unspecified atom stereocenters. The summed E-state index contributed by atoms with van der Waals surface area (Å²) in [5.41, 5.74) is 3.02. The first-order chi connectivity index (χ1) is 5.75. The molecule has 0 aromatic carbocycles. The Balaban J connectivity index is 2.71. The van der Waals surface area contributed by atoms with Crippen molar-refractivity contribution in [1.82, 2.24) is 0 Å². The first kappa shape index (κ1) is 9.31. The van der Waals surface area contributed by atoms with Crippen LogP contribution < -0.4 is 0 Å². The quantitative estimate of drug-likeness (QED) is 0.541. The Bertz CT molecular complexity index is 228. The molecule has 0 radical (unpaired) electrons. The minimum absolute atomic E-state index is 0.676. The number of allylic oxidation sites excluding steroid dienone is 6. The van der Waals surface area contributed by atoms with E-state index in [9.17, 15) is 0 Å². The predicted molar refractivity (Wildman–Crippen MR) is 55.1 cm³/mol.